The Kier molecular flexibility index (Phi) is 4.46. The van der Waals surface area contributed by atoms with Gasteiger partial charge in [0.1, 0.15) is 18.2 Å². The van der Waals surface area contributed by atoms with Crippen molar-refractivity contribution < 1.29 is 9.26 Å². The lowest BCUT2D eigenvalue weighted by Crippen LogP contribution is -2.37. The molecule has 1 atom stereocenters. The molecule has 0 spiro atoms. The number of fused-ring (bicyclic) bond motifs is 1. The first-order chi connectivity index (χ1) is 12.1. The molecule has 0 N–H and O–H groups in total. The molecule has 1 saturated carbocycles. The summed E-state index contributed by atoms with van der Waals surface area (Å²) in [4.78, 5) is 11.5. The largest absolute Gasteiger partial charge is 0.469 e. The zero-order valence-corrected chi connectivity index (χ0v) is 15.3. The summed E-state index contributed by atoms with van der Waals surface area (Å²) in [5.74, 6) is 2.38. The van der Waals surface area contributed by atoms with E-state index in [1.54, 1.807) is 6.33 Å². The molecule has 134 valence electrons. The minimum absolute atomic E-state index is 0.146. The predicted molar refractivity (Wildman–Crippen MR) is 93.4 cm³/mol. The molecule has 0 radical (unpaired) electrons. The van der Waals surface area contributed by atoms with E-state index in [0.29, 0.717) is 5.88 Å². The Bertz CT molecular complexity index is 734. The van der Waals surface area contributed by atoms with E-state index in [0.717, 1.165) is 53.7 Å². The molecule has 6 heteroatoms. The van der Waals surface area contributed by atoms with Gasteiger partial charge in [-0.25, -0.2) is 9.97 Å². The van der Waals surface area contributed by atoms with Crippen LogP contribution in [0.4, 0.5) is 0 Å². The van der Waals surface area contributed by atoms with E-state index >= 15 is 0 Å². The highest BCUT2D eigenvalue weighted by atomic mass is 16.5. The molecule has 0 aromatic carbocycles. The SMILES string of the molecule is Cc1noc(C)c1C(C)Oc1ncnc2c1CN(CC1CCC1)CC2. The Morgan fingerprint density at radius 3 is 2.84 bits per heavy atom. The zero-order chi connectivity index (χ0) is 17.4. The average molecular weight is 342 g/mol. The Morgan fingerprint density at radius 1 is 1.32 bits per heavy atom. The second kappa shape index (κ2) is 6.75. The van der Waals surface area contributed by atoms with Gasteiger partial charge in [-0.2, -0.15) is 0 Å². The van der Waals surface area contributed by atoms with Crippen LogP contribution in [0.15, 0.2) is 10.9 Å². The lowest BCUT2D eigenvalue weighted by atomic mass is 9.84. The Balaban J connectivity index is 1.53. The predicted octanol–water partition coefficient (Wildman–Crippen LogP) is 3.38. The van der Waals surface area contributed by atoms with Crippen LogP contribution in [0, 0.1) is 19.8 Å². The number of aryl methyl sites for hydroxylation is 2. The molecule has 2 aliphatic rings. The molecule has 1 unspecified atom stereocenters. The van der Waals surface area contributed by atoms with Gasteiger partial charge in [-0.05, 0) is 39.5 Å². The molecule has 1 fully saturated rings. The molecule has 0 amide bonds. The second-order valence-corrected chi connectivity index (χ2v) is 7.38. The van der Waals surface area contributed by atoms with Crippen LogP contribution >= 0.6 is 0 Å². The maximum atomic E-state index is 6.23. The van der Waals surface area contributed by atoms with Gasteiger partial charge in [-0.1, -0.05) is 11.6 Å². The number of aromatic nitrogens is 3. The number of nitrogens with zero attached hydrogens (tertiary/aromatic N) is 4. The minimum atomic E-state index is -0.146. The first-order valence-electron chi connectivity index (χ1n) is 9.26. The van der Waals surface area contributed by atoms with Gasteiger partial charge in [0, 0.05) is 31.6 Å². The maximum absolute atomic E-state index is 6.23. The van der Waals surface area contributed by atoms with Gasteiger partial charge in [-0.3, -0.25) is 4.90 Å². The maximum Gasteiger partial charge on any atom is 0.221 e. The standard InChI is InChI=1S/C19H26N4O2/c1-12-18(14(3)25-22-12)13(2)24-19-16-10-23(9-15-5-4-6-15)8-7-17(16)20-11-21-19/h11,13,15H,4-10H2,1-3H3. The average Bonchev–Trinajstić information content (AvgIpc) is 2.90. The lowest BCUT2D eigenvalue weighted by Gasteiger charge is -2.35. The van der Waals surface area contributed by atoms with E-state index in [-0.39, 0.29) is 6.10 Å². The van der Waals surface area contributed by atoms with E-state index in [4.69, 9.17) is 9.26 Å². The van der Waals surface area contributed by atoms with Gasteiger partial charge in [0.05, 0.1) is 17.0 Å². The molecule has 6 nitrogen and oxygen atoms in total. The summed E-state index contributed by atoms with van der Waals surface area (Å²) in [6, 6.07) is 0. The molecule has 3 heterocycles. The van der Waals surface area contributed by atoms with Crippen LogP contribution < -0.4 is 4.74 Å². The normalized spacial score (nSPS) is 19.3. The molecule has 2 aromatic heterocycles. The summed E-state index contributed by atoms with van der Waals surface area (Å²) in [6.45, 7) is 9.05. The molecule has 25 heavy (non-hydrogen) atoms. The van der Waals surface area contributed by atoms with Gasteiger partial charge in [0.15, 0.2) is 0 Å². The van der Waals surface area contributed by atoms with Crippen molar-refractivity contribution in [2.45, 2.75) is 59.1 Å². The first-order valence-corrected chi connectivity index (χ1v) is 9.26. The minimum Gasteiger partial charge on any atom is -0.469 e. The fourth-order valence-corrected chi connectivity index (χ4v) is 3.97. The van der Waals surface area contributed by atoms with Gasteiger partial charge in [0.25, 0.3) is 0 Å². The smallest absolute Gasteiger partial charge is 0.221 e. The highest BCUT2D eigenvalue weighted by molar-refractivity contribution is 5.33. The number of hydrogen-bond donors (Lipinski definition) is 0. The molecule has 2 aromatic rings. The number of rotatable bonds is 5. The topological polar surface area (TPSA) is 64.3 Å². The van der Waals surface area contributed by atoms with Crippen LogP contribution in [0.2, 0.25) is 0 Å². The van der Waals surface area contributed by atoms with Crippen LogP contribution in [0.5, 0.6) is 5.88 Å². The third-order valence-corrected chi connectivity index (χ3v) is 5.57. The number of hydrogen-bond acceptors (Lipinski definition) is 6. The number of ether oxygens (including phenoxy) is 1. The zero-order valence-electron chi connectivity index (χ0n) is 15.3. The third kappa shape index (κ3) is 3.27. The Hall–Kier alpha value is -1.95. The summed E-state index contributed by atoms with van der Waals surface area (Å²) in [5, 5.41) is 4.03. The van der Waals surface area contributed by atoms with Crippen molar-refractivity contribution >= 4 is 0 Å². The third-order valence-electron chi connectivity index (χ3n) is 5.57. The fourth-order valence-electron chi connectivity index (χ4n) is 3.97. The lowest BCUT2D eigenvalue weighted by molar-refractivity contribution is 0.156. The summed E-state index contributed by atoms with van der Waals surface area (Å²) < 4.78 is 11.5. The van der Waals surface area contributed by atoms with Gasteiger partial charge >= 0.3 is 0 Å². The van der Waals surface area contributed by atoms with Crippen molar-refractivity contribution in [2.75, 3.05) is 13.1 Å². The van der Waals surface area contributed by atoms with Crippen molar-refractivity contribution in [3.63, 3.8) is 0 Å². The molecule has 1 aliphatic heterocycles. The highest BCUT2D eigenvalue weighted by Gasteiger charge is 2.27. The van der Waals surface area contributed by atoms with Gasteiger partial charge in [-0.15, -0.1) is 0 Å². The van der Waals surface area contributed by atoms with Crippen LogP contribution in [0.25, 0.3) is 0 Å². The second-order valence-electron chi connectivity index (χ2n) is 7.38. The van der Waals surface area contributed by atoms with Crippen molar-refractivity contribution in [1.82, 2.24) is 20.0 Å². The molecule has 0 saturated heterocycles. The van der Waals surface area contributed by atoms with Crippen molar-refractivity contribution in [3.05, 3.63) is 34.6 Å². The van der Waals surface area contributed by atoms with E-state index < -0.39 is 0 Å². The van der Waals surface area contributed by atoms with E-state index in [1.165, 1.54) is 25.8 Å². The van der Waals surface area contributed by atoms with Gasteiger partial charge < -0.3 is 9.26 Å². The quantitative estimate of drug-likeness (QED) is 0.830. The van der Waals surface area contributed by atoms with Crippen LogP contribution in [0.1, 0.15) is 60.6 Å². The molecule has 4 rings (SSSR count). The van der Waals surface area contributed by atoms with Crippen LogP contribution in [0.3, 0.4) is 0 Å². The van der Waals surface area contributed by atoms with E-state index in [1.807, 2.05) is 20.8 Å². The summed E-state index contributed by atoms with van der Waals surface area (Å²) >= 11 is 0. The van der Waals surface area contributed by atoms with Gasteiger partial charge in [0.2, 0.25) is 5.88 Å². The monoisotopic (exact) mass is 342 g/mol. The summed E-state index contributed by atoms with van der Waals surface area (Å²) in [7, 11) is 0. The van der Waals surface area contributed by atoms with E-state index in [2.05, 4.69) is 20.0 Å². The van der Waals surface area contributed by atoms with Crippen LogP contribution in [-0.2, 0) is 13.0 Å². The summed E-state index contributed by atoms with van der Waals surface area (Å²) in [6.07, 6.45) is 6.59. The molecular formula is C19H26N4O2. The summed E-state index contributed by atoms with van der Waals surface area (Å²) in [5.41, 5.74) is 4.15. The van der Waals surface area contributed by atoms with E-state index in [9.17, 15) is 0 Å². The molecule has 1 aliphatic carbocycles. The first kappa shape index (κ1) is 16.5. The Labute approximate surface area is 148 Å². The fraction of sp³-hybridized carbons (Fsp3) is 0.632. The molecule has 0 bridgehead atoms. The van der Waals surface area contributed by atoms with Crippen molar-refractivity contribution in [3.8, 4) is 5.88 Å². The molecular weight excluding hydrogens is 316 g/mol. The van der Waals surface area contributed by atoms with Crippen molar-refractivity contribution in [1.29, 1.82) is 0 Å². The van der Waals surface area contributed by atoms with Crippen LogP contribution in [-0.4, -0.2) is 33.1 Å². The highest BCUT2D eigenvalue weighted by Crippen LogP contribution is 2.32. The Morgan fingerprint density at radius 2 is 2.16 bits per heavy atom. The van der Waals surface area contributed by atoms with Crippen molar-refractivity contribution in [2.24, 2.45) is 5.92 Å².